The first-order valence-electron chi connectivity index (χ1n) is 7.22. The average Bonchev–Trinajstić information content (AvgIpc) is 2.49. The minimum absolute atomic E-state index is 0.186. The Morgan fingerprint density at radius 3 is 2.57 bits per heavy atom. The Hall–Kier alpha value is -1.59. The molecule has 1 atom stereocenters. The van der Waals surface area contributed by atoms with Crippen LogP contribution in [0.1, 0.15) is 25.8 Å². The van der Waals surface area contributed by atoms with Gasteiger partial charge in [-0.2, -0.15) is 5.10 Å². The van der Waals surface area contributed by atoms with Crippen LogP contribution < -0.4 is 0 Å². The van der Waals surface area contributed by atoms with E-state index in [0.29, 0.717) is 19.8 Å². The molecule has 0 aromatic heterocycles. The number of phenolic OH excluding ortho intramolecular Hbond substituents is 1. The number of nitrogens with zero attached hydrogens (tertiary/aromatic N) is 2. The number of rotatable bonds is 9. The molecule has 0 amide bonds. The lowest BCUT2D eigenvalue weighted by Gasteiger charge is -2.28. The van der Waals surface area contributed by atoms with Crippen molar-refractivity contribution in [3.63, 3.8) is 0 Å². The molecule has 0 bridgehead atoms. The summed E-state index contributed by atoms with van der Waals surface area (Å²) in [5.74, 6) is 0.241. The quantitative estimate of drug-likeness (QED) is 0.561. The molecule has 1 rings (SSSR count). The largest absolute Gasteiger partial charge is 0.507 e. The van der Waals surface area contributed by atoms with Crippen molar-refractivity contribution >= 4 is 5.71 Å². The molecular formula is C16H26N2O3. The smallest absolute Gasteiger partial charge is 0.124 e. The minimum atomic E-state index is 0.186. The van der Waals surface area contributed by atoms with Crippen molar-refractivity contribution in [1.29, 1.82) is 0 Å². The van der Waals surface area contributed by atoms with E-state index in [1.807, 2.05) is 24.1 Å². The molecule has 0 saturated heterocycles. The molecule has 0 aliphatic heterocycles. The zero-order valence-electron chi connectivity index (χ0n) is 13.4. The Morgan fingerprint density at radius 1 is 1.29 bits per heavy atom. The van der Waals surface area contributed by atoms with Crippen LogP contribution in [0.15, 0.2) is 29.4 Å². The second-order valence-electron chi connectivity index (χ2n) is 4.88. The average molecular weight is 294 g/mol. The fraction of sp³-hybridized carbons (Fsp3) is 0.562. The molecule has 0 radical (unpaired) electrons. The molecule has 0 fully saturated rings. The summed E-state index contributed by atoms with van der Waals surface area (Å²) in [6.07, 6.45) is 0.926. The molecule has 5 nitrogen and oxygen atoms in total. The van der Waals surface area contributed by atoms with Crippen molar-refractivity contribution in [1.82, 2.24) is 5.01 Å². The van der Waals surface area contributed by atoms with Gasteiger partial charge in [0.25, 0.3) is 0 Å². The summed E-state index contributed by atoms with van der Waals surface area (Å²) in [6, 6.07) is 7.40. The van der Waals surface area contributed by atoms with Crippen LogP contribution in [0.3, 0.4) is 0 Å². The van der Waals surface area contributed by atoms with Gasteiger partial charge in [-0.25, -0.2) is 0 Å². The van der Waals surface area contributed by atoms with Gasteiger partial charge in [-0.05, 0) is 25.5 Å². The summed E-state index contributed by atoms with van der Waals surface area (Å²) in [4.78, 5) is 0. The third-order valence-electron chi connectivity index (χ3n) is 3.35. The molecule has 0 saturated carbocycles. The van der Waals surface area contributed by atoms with Gasteiger partial charge in [0, 0.05) is 19.8 Å². The molecule has 0 aliphatic carbocycles. The zero-order chi connectivity index (χ0) is 15.7. The molecule has 1 N–H and O–H groups in total. The van der Waals surface area contributed by atoms with Crippen molar-refractivity contribution < 1.29 is 14.6 Å². The topological polar surface area (TPSA) is 54.3 Å². The van der Waals surface area contributed by atoms with Crippen LogP contribution in [0.2, 0.25) is 0 Å². The van der Waals surface area contributed by atoms with Crippen molar-refractivity contribution in [3.8, 4) is 5.75 Å². The van der Waals surface area contributed by atoms with E-state index in [9.17, 15) is 5.11 Å². The third-order valence-corrected chi connectivity index (χ3v) is 3.35. The van der Waals surface area contributed by atoms with E-state index in [0.717, 1.165) is 17.7 Å². The zero-order valence-corrected chi connectivity index (χ0v) is 13.4. The summed E-state index contributed by atoms with van der Waals surface area (Å²) in [6.45, 7) is 5.89. The summed E-state index contributed by atoms with van der Waals surface area (Å²) in [7, 11) is 3.37. The van der Waals surface area contributed by atoms with E-state index < -0.39 is 0 Å². The lowest BCUT2D eigenvalue weighted by Crippen LogP contribution is -2.37. The molecule has 1 aromatic carbocycles. The lowest BCUT2D eigenvalue weighted by molar-refractivity contribution is 0.0675. The van der Waals surface area contributed by atoms with Crippen LogP contribution in [0, 0.1) is 0 Å². The Bertz CT molecular complexity index is 449. The first-order valence-corrected chi connectivity index (χ1v) is 7.22. The Balaban J connectivity index is 2.97. The van der Waals surface area contributed by atoms with Crippen LogP contribution in [0.25, 0.3) is 0 Å². The maximum Gasteiger partial charge on any atom is 0.124 e. The van der Waals surface area contributed by atoms with E-state index in [-0.39, 0.29) is 11.8 Å². The normalized spacial score (nSPS) is 13.2. The number of para-hydroxylation sites is 1. The number of ether oxygens (including phenoxy) is 2. The summed E-state index contributed by atoms with van der Waals surface area (Å²) >= 11 is 0. The maximum absolute atomic E-state index is 9.92. The second-order valence-corrected chi connectivity index (χ2v) is 4.88. The highest BCUT2D eigenvalue weighted by atomic mass is 16.5. The molecule has 0 spiro atoms. The lowest BCUT2D eigenvalue weighted by atomic mass is 10.1. The number of benzene rings is 1. The van der Waals surface area contributed by atoms with Gasteiger partial charge >= 0.3 is 0 Å². The molecular weight excluding hydrogens is 268 g/mol. The van der Waals surface area contributed by atoms with Crippen molar-refractivity contribution in [3.05, 3.63) is 29.8 Å². The van der Waals surface area contributed by atoms with Gasteiger partial charge in [0.2, 0.25) is 0 Å². The van der Waals surface area contributed by atoms with Gasteiger partial charge in [-0.15, -0.1) is 0 Å². The van der Waals surface area contributed by atoms with E-state index in [4.69, 9.17) is 9.47 Å². The summed E-state index contributed by atoms with van der Waals surface area (Å²) in [5, 5.41) is 16.6. The molecule has 1 aromatic rings. The van der Waals surface area contributed by atoms with Crippen LogP contribution in [-0.2, 0) is 9.47 Å². The highest BCUT2D eigenvalue weighted by Crippen LogP contribution is 2.17. The van der Waals surface area contributed by atoms with Crippen LogP contribution in [0.5, 0.6) is 5.75 Å². The summed E-state index contributed by atoms with van der Waals surface area (Å²) in [5.41, 5.74) is 1.52. The molecule has 5 heteroatoms. The van der Waals surface area contributed by atoms with Gasteiger partial charge in [-0.3, -0.25) is 5.01 Å². The number of hydrogen-bond acceptors (Lipinski definition) is 5. The third kappa shape index (κ3) is 5.36. The van der Waals surface area contributed by atoms with Gasteiger partial charge in [0.15, 0.2) is 0 Å². The van der Waals surface area contributed by atoms with Crippen molar-refractivity contribution in [2.75, 3.05) is 34.0 Å². The fourth-order valence-corrected chi connectivity index (χ4v) is 2.13. The molecule has 0 aliphatic rings. The number of aromatic hydroxyl groups is 1. The SMILES string of the molecule is CC[C@H](COC)N(CCOC)/N=C(\C)c1ccccc1O. The van der Waals surface area contributed by atoms with Crippen LogP contribution >= 0.6 is 0 Å². The molecule has 0 heterocycles. The fourth-order valence-electron chi connectivity index (χ4n) is 2.13. The van der Waals surface area contributed by atoms with Gasteiger partial charge in [-0.1, -0.05) is 19.1 Å². The Labute approximate surface area is 127 Å². The molecule has 118 valence electrons. The van der Waals surface area contributed by atoms with Gasteiger partial charge < -0.3 is 14.6 Å². The number of hydrazone groups is 1. The highest BCUT2D eigenvalue weighted by Gasteiger charge is 2.16. The van der Waals surface area contributed by atoms with Crippen LogP contribution in [0.4, 0.5) is 0 Å². The Morgan fingerprint density at radius 2 is 2.00 bits per heavy atom. The van der Waals surface area contributed by atoms with E-state index in [1.54, 1.807) is 26.4 Å². The maximum atomic E-state index is 9.92. The highest BCUT2D eigenvalue weighted by molar-refractivity contribution is 6.00. The predicted molar refractivity (Wildman–Crippen MR) is 84.9 cm³/mol. The van der Waals surface area contributed by atoms with Crippen molar-refractivity contribution in [2.45, 2.75) is 26.3 Å². The predicted octanol–water partition coefficient (Wildman–Crippen LogP) is 2.49. The molecule has 21 heavy (non-hydrogen) atoms. The first kappa shape index (κ1) is 17.5. The van der Waals surface area contributed by atoms with Gasteiger partial charge in [0.1, 0.15) is 5.75 Å². The first-order chi connectivity index (χ1) is 10.1. The standard InChI is InChI=1S/C16H26N2O3/c1-5-14(12-21-4)18(10-11-20-3)17-13(2)15-8-6-7-9-16(15)19/h6-9,14,19H,5,10-12H2,1-4H3/b17-13+/t14-/m1/s1. The monoisotopic (exact) mass is 294 g/mol. The van der Waals surface area contributed by atoms with Crippen LogP contribution in [-0.4, -0.2) is 55.8 Å². The minimum Gasteiger partial charge on any atom is -0.507 e. The van der Waals surface area contributed by atoms with Crippen molar-refractivity contribution in [2.24, 2.45) is 5.10 Å². The van der Waals surface area contributed by atoms with Gasteiger partial charge in [0.05, 0.1) is 31.5 Å². The Kier molecular flexibility index (Phi) is 7.79. The number of hydrogen-bond donors (Lipinski definition) is 1. The summed E-state index contributed by atoms with van der Waals surface area (Å²) < 4.78 is 10.4. The number of methoxy groups -OCH3 is 2. The van der Waals surface area contributed by atoms with E-state index in [1.165, 1.54) is 0 Å². The van der Waals surface area contributed by atoms with E-state index >= 15 is 0 Å². The van der Waals surface area contributed by atoms with E-state index in [2.05, 4.69) is 12.0 Å². The molecule has 0 unspecified atom stereocenters. The number of phenols is 1. The second kappa shape index (κ2) is 9.37.